The van der Waals surface area contributed by atoms with Gasteiger partial charge in [0.1, 0.15) is 5.78 Å². The number of fused-ring (bicyclic) bond motifs is 3. The van der Waals surface area contributed by atoms with Gasteiger partial charge in [-0.15, -0.1) is 0 Å². The first-order chi connectivity index (χ1) is 10.0. The van der Waals surface area contributed by atoms with Crippen molar-refractivity contribution < 1.29 is 14.3 Å². The Morgan fingerprint density at radius 2 is 2.10 bits per heavy atom. The third-order valence-corrected chi connectivity index (χ3v) is 7.61. The molecule has 1 saturated heterocycles. The highest BCUT2D eigenvalue weighted by molar-refractivity contribution is 5.95. The lowest BCUT2D eigenvalue weighted by atomic mass is 9.49. The summed E-state index contributed by atoms with van der Waals surface area (Å²) in [5, 5.41) is 0. The third-order valence-electron chi connectivity index (χ3n) is 7.61. The van der Waals surface area contributed by atoms with Gasteiger partial charge >= 0.3 is 0 Å². The van der Waals surface area contributed by atoms with Crippen LogP contribution >= 0.6 is 0 Å². The molecule has 3 heteroatoms. The van der Waals surface area contributed by atoms with E-state index in [9.17, 15) is 9.59 Å². The molecule has 21 heavy (non-hydrogen) atoms. The molecule has 6 atom stereocenters. The lowest BCUT2D eigenvalue weighted by Crippen LogP contribution is -2.50. The van der Waals surface area contributed by atoms with Crippen LogP contribution in [0.4, 0.5) is 0 Å². The standard InChI is InChI=1S/C18H22O3/c1-17-5-4-13-11(12(17)2-3-16(17)20)7-15-14-6-10(19)8-18(13,14)9-21-15/h6,11-13,15H,2-5,7-9H2,1H3/t11-,12-,13-,15+,17-,18-/m0/s1. The zero-order valence-corrected chi connectivity index (χ0v) is 12.6. The first-order valence-corrected chi connectivity index (χ1v) is 8.44. The Morgan fingerprint density at radius 3 is 2.95 bits per heavy atom. The fourth-order valence-corrected chi connectivity index (χ4v) is 6.64. The largest absolute Gasteiger partial charge is 0.373 e. The van der Waals surface area contributed by atoms with Gasteiger partial charge in [-0.25, -0.2) is 0 Å². The topological polar surface area (TPSA) is 43.4 Å². The van der Waals surface area contributed by atoms with E-state index in [0.717, 1.165) is 38.7 Å². The van der Waals surface area contributed by atoms with Crippen LogP contribution in [0.5, 0.6) is 0 Å². The molecule has 5 rings (SSSR count). The molecule has 1 heterocycles. The summed E-state index contributed by atoms with van der Waals surface area (Å²) in [5.74, 6) is 2.47. The van der Waals surface area contributed by atoms with Gasteiger partial charge in [0.25, 0.3) is 0 Å². The maximum atomic E-state index is 12.4. The van der Waals surface area contributed by atoms with Crippen molar-refractivity contribution in [1.29, 1.82) is 0 Å². The molecule has 3 saturated carbocycles. The summed E-state index contributed by atoms with van der Waals surface area (Å²) in [6, 6.07) is 0. The second-order valence-electron chi connectivity index (χ2n) is 8.23. The number of hydrogen-bond acceptors (Lipinski definition) is 3. The van der Waals surface area contributed by atoms with Crippen LogP contribution in [0.15, 0.2) is 11.6 Å². The van der Waals surface area contributed by atoms with Crippen molar-refractivity contribution in [1.82, 2.24) is 0 Å². The lowest BCUT2D eigenvalue weighted by Gasteiger charge is -2.53. The van der Waals surface area contributed by atoms with Gasteiger partial charge in [-0.05, 0) is 55.1 Å². The van der Waals surface area contributed by atoms with E-state index >= 15 is 0 Å². The zero-order valence-electron chi connectivity index (χ0n) is 12.6. The Morgan fingerprint density at radius 1 is 1.24 bits per heavy atom. The van der Waals surface area contributed by atoms with Crippen LogP contribution in [0.3, 0.4) is 0 Å². The average Bonchev–Trinajstić information content (AvgIpc) is 3.00. The van der Waals surface area contributed by atoms with E-state index in [2.05, 4.69) is 6.92 Å². The normalized spacial score (nSPS) is 54.2. The predicted molar refractivity (Wildman–Crippen MR) is 76.5 cm³/mol. The molecule has 0 aromatic rings. The minimum Gasteiger partial charge on any atom is -0.373 e. The molecule has 112 valence electrons. The van der Waals surface area contributed by atoms with Gasteiger partial charge < -0.3 is 4.74 Å². The first-order valence-electron chi connectivity index (χ1n) is 8.44. The van der Waals surface area contributed by atoms with E-state index in [1.165, 1.54) is 5.57 Å². The summed E-state index contributed by atoms with van der Waals surface area (Å²) >= 11 is 0. The number of ether oxygens (including phenoxy) is 1. The highest BCUT2D eigenvalue weighted by Gasteiger charge is 2.65. The van der Waals surface area contributed by atoms with Crippen LogP contribution in [-0.2, 0) is 14.3 Å². The molecule has 3 nitrogen and oxygen atoms in total. The smallest absolute Gasteiger partial charge is 0.156 e. The molecule has 0 unspecified atom stereocenters. The van der Waals surface area contributed by atoms with Crippen LogP contribution in [0.25, 0.3) is 0 Å². The SMILES string of the molecule is C[C@]12CC[C@H]3[C@@H](C[C@H]4OC[C@@]35CC(=O)C=C45)[C@@H]1CCC2=O. The van der Waals surface area contributed by atoms with E-state index in [0.29, 0.717) is 35.7 Å². The van der Waals surface area contributed by atoms with Crippen LogP contribution in [-0.4, -0.2) is 24.3 Å². The first kappa shape index (κ1) is 12.6. The number of allylic oxidation sites excluding steroid dienone is 1. The van der Waals surface area contributed by atoms with Gasteiger partial charge in [0.05, 0.1) is 12.7 Å². The molecule has 0 radical (unpaired) electrons. The van der Waals surface area contributed by atoms with Gasteiger partial charge in [-0.3, -0.25) is 9.59 Å². The molecule has 0 amide bonds. The maximum absolute atomic E-state index is 12.4. The number of Topliss-reactive ketones (excluding diaryl/α,β-unsaturated/α-hetero) is 1. The molecule has 0 spiro atoms. The molecular weight excluding hydrogens is 264 g/mol. The molecule has 0 N–H and O–H groups in total. The Labute approximate surface area is 125 Å². The highest BCUT2D eigenvalue weighted by atomic mass is 16.5. The fourth-order valence-electron chi connectivity index (χ4n) is 6.64. The predicted octanol–water partition coefficient (Wildman–Crippen LogP) is 2.69. The van der Waals surface area contributed by atoms with Crippen molar-refractivity contribution in [2.24, 2.45) is 28.6 Å². The quantitative estimate of drug-likeness (QED) is 0.687. The van der Waals surface area contributed by atoms with Crippen molar-refractivity contribution in [3.63, 3.8) is 0 Å². The van der Waals surface area contributed by atoms with Crippen molar-refractivity contribution >= 4 is 11.6 Å². The number of carbonyl (C=O) groups is 2. The number of carbonyl (C=O) groups excluding carboxylic acids is 2. The van der Waals surface area contributed by atoms with Crippen molar-refractivity contribution in [2.45, 2.75) is 51.6 Å². The Bertz CT molecular complexity index is 591. The zero-order chi connectivity index (χ0) is 14.4. The minimum absolute atomic E-state index is 0.0115. The van der Waals surface area contributed by atoms with Gasteiger partial charge in [-0.2, -0.15) is 0 Å². The van der Waals surface area contributed by atoms with E-state index in [1.807, 2.05) is 6.08 Å². The van der Waals surface area contributed by atoms with E-state index < -0.39 is 0 Å². The summed E-state index contributed by atoms with van der Waals surface area (Å²) in [4.78, 5) is 24.4. The molecule has 0 aromatic carbocycles. The van der Waals surface area contributed by atoms with Crippen molar-refractivity contribution in [3.05, 3.63) is 11.6 Å². The second kappa shape index (κ2) is 3.68. The maximum Gasteiger partial charge on any atom is 0.156 e. The average molecular weight is 286 g/mol. The number of hydrogen-bond donors (Lipinski definition) is 0. The van der Waals surface area contributed by atoms with Gasteiger partial charge in [0, 0.05) is 23.7 Å². The molecule has 2 bridgehead atoms. The van der Waals surface area contributed by atoms with Crippen LogP contribution in [0, 0.1) is 28.6 Å². The van der Waals surface area contributed by atoms with E-state index in [-0.39, 0.29) is 16.9 Å². The lowest BCUT2D eigenvalue weighted by molar-refractivity contribution is -0.132. The highest BCUT2D eigenvalue weighted by Crippen LogP contribution is 2.67. The van der Waals surface area contributed by atoms with Crippen LogP contribution in [0.2, 0.25) is 0 Å². The summed E-state index contributed by atoms with van der Waals surface area (Å²) in [6.07, 6.45) is 7.71. The summed E-state index contributed by atoms with van der Waals surface area (Å²) < 4.78 is 6.08. The summed E-state index contributed by atoms with van der Waals surface area (Å²) in [6.45, 7) is 2.95. The van der Waals surface area contributed by atoms with E-state index in [1.54, 1.807) is 0 Å². The Balaban J connectivity index is 1.59. The third kappa shape index (κ3) is 1.31. The molecule has 1 aliphatic heterocycles. The minimum atomic E-state index is -0.0823. The van der Waals surface area contributed by atoms with Crippen molar-refractivity contribution in [2.75, 3.05) is 6.61 Å². The van der Waals surface area contributed by atoms with E-state index in [4.69, 9.17) is 4.74 Å². The summed E-state index contributed by atoms with van der Waals surface area (Å²) in [7, 11) is 0. The van der Waals surface area contributed by atoms with Gasteiger partial charge in [0.15, 0.2) is 5.78 Å². The molecular formula is C18H22O3. The monoisotopic (exact) mass is 286 g/mol. The molecule has 4 fully saturated rings. The number of rotatable bonds is 0. The van der Waals surface area contributed by atoms with Crippen LogP contribution < -0.4 is 0 Å². The number of ketones is 2. The van der Waals surface area contributed by atoms with Crippen molar-refractivity contribution in [3.8, 4) is 0 Å². The Hall–Kier alpha value is -0.960. The van der Waals surface area contributed by atoms with Crippen LogP contribution in [0.1, 0.15) is 45.4 Å². The van der Waals surface area contributed by atoms with Gasteiger partial charge in [0.2, 0.25) is 0 Å². The molecule has 4 aliphatic carbocycles. The second-order valence-corrected chi connectivity index (χ2v) is 8.23. The summed E-state index contributed by atoms with van der Waals surface area (Å²) in [5.41, 5.74) is 1.24. The molecule has 0 aromatic heterocycles. The fraction of sp³-hybridized carbons (Fsp3) is 0.778. The Kier molecular flexibility index (Phi) is 2.20. The van der Waals surface area contributed by atoms with Gasteiger partial charge in [-0.1, -0.05) is 6.92 Å². The molecule has 5 aliphatic rings.